The van der Waals surface area contributed by atoms with Crippen LogP contribution < -0.4 is 10.6 Å². The second-order valence-corrected chi connectivity index (χ2v) is 6.17. The van der Waals surface area contributed by atoms with Gasteiger partial charge in [-0.15, -0.1) is 0 Å². The standard InChI is InChI=1S/C16H20N4O/c17-12-5-3-4-11(10-12)15(21)20-9-8-19-14-7-2-1-6-13(14)18-16(19)20/h1-2,6-7,11-12H,3-5,8-10,17H2. The van der Waals surface area contributed by atoms with E-state index in [9.17, 15) is 4.79 Å². The van der Waals surface area contributed by atoms with Crippen molar-refractivity contribution in [3.63, 3.8) is 0 Å². The first-order valence-corrected chi connectivity index (χ1v) is 7.76. The number of fused-ring (bicyclic) bond motifs is 3. The van der Waals surface area contributed by atoms with Crippen LogP contribution in [0.3, 0.4) is 0 Å². The van der Waals surface area contributed by atoms with Gasteiger partial charge in [0.2, 0.25) is 11.9 Å². The first kappa shape index (κ1) is 12.8. The summed E-state index contributed by atoms with van der Waals surface area (Å²) in [7, 11) is 0. The van der Waals surface area contributed by atoms with Crippen molar-refractivity contribution in [1.82, 2.24) is 9.55 Å². The zero-order valence-electron chi connectivity index (χ0n) is 12.0. The van der Waals surface area contributed by atoms with E-state index in [0.717, 1.165) is 55.8 Å². The number of rotatable bonds is 1. The van der Waals surface area contributed by atoms with Crippen molar-refractivity contribution >= 4 is 22.9 Å². The third kappa shape index (κ3) is 2.03. The molecule has 1 amide bonds. The van der Waals surface area contributed by atoms with Gasteiger partial charge in [-0.1, -0.05) is 18.6 Å². The van der Waals surface area contributed by atoms with Crippen molar-refractivity contribution < 1.29 is 4.79 Å². The van der Waals surface area contributed by atoms with Crippen molar-refractivity contribution in [2.75, 3.05) is 11.4 Å². The lowest BCUT2D eigenvalue weighted by atomic mass is 9.85. The van der Waals surface area contributed by atoms with Crippen LogP contribution in [-0.2, 0) is 11.3 Å². The molecule has 1 fully saturated rings. The average molecular weight is 284 g/mol. The van der Waals surface area contributed by atoms with Gasteiger partial charge in [-0.2, -0.15) is 0 Å². The topological polar surface area (TPSA) is 64.2 Å². The van der Waals surface area contributed by atoms with Gasteiger partial charge in [-0.05, 0) is 31.4 Å². The maximum atomic E-state index is 12.8. The molecule has 1 aromatic heterocycles. The van der Waals surface area contributed by atoms with Gasteiger partial charge in [0.05, 0.1) is 11.0 Å². The molecular formula is C16H20N4O. The van der Waals surface area contributed by atoms with Crippen LogP contribution in [0.5, 0.6) is 0 Å². The van der Waals surface area contributed by atoms with E-state index in [1.54, 1.807) is 0 Å². The quantitative estimate of drug-likeness (QED) is 0.870. The number of nitrogens with two attached hydrogens (primary N) is 1. The molecule has 4 rings (SSSR count). The zero-order chi connectivity index (χ0) is 14.4. The minimum absolute atomic E-state index is 0.0695. The van der Waals surface area contributed by atoms with Gasteiger partial charge >= 0.3 is 0 Å². The Labute approximate surface area is 123 Å². The highest BCUT2D eigenvalue weighted by atomic mass is 16.2. The molecule has 110 valence electrons. The smallest absolute Gasteiger partial charge is 0.232 e. The molecule has 0 bridgehead atoms. The van der Waals surface area contributed by atoms with Crippen molar-refractivity contribution in [1.29, 1.82) is 0 Å². The Morgan fingerprint density at radius 1 is 1.24 bits per heavy atom. The Bertz CT molecular complexity index is 693. The number of nitrogens with zero attached hydrogens (tertiary/aromatic N) is 3. The van der Waals surface area contributed by atoms with Gasteiger partial charge in [-0.3, -0.25) is 9.69 Å². The van der Waals surface area contributed by atoms with E-state index in [-0.39, 0.29) is 17.9 Å². The molecule has 2 aromatic rings. The highest BCUT2D eigenvalue weighted by molar-refractivity contribution is 5.96. The molecule has 5 heteroatoms. The van der Waals surface area contributed by atoms with E-state index >= 15 is 0 Å². The lowest BCUT2D eigenvalue weighted by Crippen LogP contribution is -2.40. The summed E-state index contributed by atoms with van der Waals surface area (Å²) in [5.74, 6) is 1.08. The molecule has 2 N–H and O–H groups in total. The fraction of sp³-hybridized carbons (Fsp3) is 0.500. The molecule has 2 unspecified atom stereocenters. The first-order valence-electron chi connectivity index (χ1n) is 7.76. The molecule has 1 aliphatic heterocycles. The van der Waals surface area contributed by atoms with Gasteiger partial charge in [0.25, 0.3) is 0 Å². The molecule has 0 saturated heterocycles. The van der Waals surface area contributed by atoms with Crippen LogP contribution in [0.2, 0.25) is 0 Å². The summed E-state index contributed by atoms with van der Waals surface area (Å²) < 4.78 is 2.15. The summed E-state index contributed by atoms with van der Waals surface area (Å²) in [6.07, 6.45) is 3.88. The fourth-order valence-electron chi connectivity index (χ4n) is 3.67. The molecule has 1 saturated carbocycles. The van der Waals surface area contributed by atoms with Crippen LogP contribution in [0.15, 0.2) is 24.3 Å². The highest BCUT2D eigenvalue weighted by Crippen LogP contribution is 2.31. The van der Waals surface area contributed by atoms with Crippen LogP contribution in [0.1, 0.15) is 25.7 Å². The van der Waals surface area contributed by atoms with E-state index in [2.05, 4.69) is 15.6 Å². The van der Waals surface area contributed by atoms with Crippen molar-refractivity contribution in [2.24, 2.45) is 11.7 Å². The maximum absolute atomic E-state index is 12.8. The number of benzene rings is 1. The minimum Gasteiger partial charge on any atom is -0.328 e. The first-order chi connectivity index (χ1) is 10.2. The highest BCUT2D eigenvalue weighted by Gasteiger charge is 2.34. The molecule has 1 aromatic carbocycles. The molecule has 5 nitrogen and oxygen atoms in total. The van der Waals surface area contributed by atoms with E-state index in [1.807, 2.05) is 23.1 Å². The third-order valence-corrected chi connectivity index (χ3v) is 4.75. The number of imidazole rings is 1. The second kappa shape index (κ2) is 4.84. The Balaban J connectivity index is 1.65. The Hall–Kier alpha value is -1.88. The summed E-state index contributed by atoms with van der Waals surface area (Å²) in [6.45, 7) is 1.57. The lowest BCUT2D eigenvalue weighted by Gasteiger charge is -2.28. The van der Waals surface area contributed by atoms with Gasteiger partial charge in [0.15, 0.2) is 0 Å². The zero-order valence-corrected chi connectivity index (χ0v) is 12.0. The van der Waals surface area contributed by atoms with Crippen LogP contribution in [0.25, 0.3) is 11.0 Å². The fourth-order valence-corrected chi connectivity index (χ4v) is 3.67. The normalized spacial score (nSPS) is 25.3. The van der Waals surface area contributed by atoms with Crippen LogP contribution in [-0.4, -0.2) is 28.0 Å². The number of hydrogen-bond acceptors (Lipinski definition) is 3. The number of aromatic nitrogens is 2. The predicted molar refractivity (Wildman–Crippen MR) is 82.0 cm³/mol. The van der Waals surface area contributed by atoms with Gasteiger partial charge < -0.3 is 10.3 Å². The predicted octanol–water partition coefficient (Wildman–Crippen LogP) is 1.90. The molecule has 1 aliphatic carbocycles. The summed E-state index contributed by atoms with van der Waals surface area (Å²) in [5, 5.41) is 0. The molecule has 0 spiro atoms. The van der Waals surface area contributed by atoms with Crippen LogP contribution in [0.4, 0.5) is 5.95 Å². The van der Waals surface area contributed by atoms with E-state index in [0.29, 0.717) is 0 Å². The molecule has 0 radical (unpaired) electrons. The maximum Gasteiger partial charge on any atom is 0.232 e. The van der Waals surface area contributed by atoms with Crippen molar-refractivity contribution in [3.8, 4) is 0 Å². The summed E-state index contributed by atoms with van der Waals surface area (Å²) >= 11 is 0. The lowest BCUT2D eigenvalue weighted by molar-refractivity contribution is -0.123. The summed E-state index contributed by atoms with van der Waals surface area (Å²) in [5.41, 5.74) is 8.10. The number of carbonyl (C=O) groups is 1. The van der Waals surface area contributed by atoms with E-state index in [4.69, 9.17) is 5.73 Å². The van der Waals surface area contributed by atoms with Crippen LogP contribution in [0, 0.1) is 5.92 Å². The van der Waals surface area contributed by atoms with Crippen LogP contribution >= 0.6 is 0 Å². The van der Waals surface area contributed by atoms with Gasteiger partial charge in [0, 0.05) is 25.0 Å². The largest absolute Gasteiger partial charge is 0.328 e. The number of amides is 1. The molecule has 2 aliphatic rings. The molecule has 2 atom stereocenters. The molecular weight excluding hydrogens is 264 g/mol. The van der Waals surface area contributed by atoms with Crippen molar-refractivity contribution in [3.05, 3.63) is 24.3 Å². The van der Waals surface area contributed by atoms with Gasteiger partial charge in [0.1, 0.15) is 0 Å². The minimum atomic E-state index is 0.0695. The number of anilines is 1. The number of carbonyl (C=O) groups excluding carboxylic acids is 1. The number of hydrogen-bond donors (Lipinski definition) is 1. The SMILES string of the molecule is NC1CCCC(C(=O)N2CCn3c2nc2ccccc23)C1. The third-order valence-electron chi connectivity index (χ3n) is 4.75. The summed E-state index contributed by atoms with van der Waals surface area (Å²) in [6, 6.07) is 8.24. The Kier molecular flexibility index (Phi) is 2.96. The Morgan fingerprint density at radius 2 is 2.10 bits per heavy atom. The van der Waals surface area contributed by atoms with E-state index < -0.39 is 0 Å². The molecule has 21 heavy (non-hydrogen) atoms. The van der Waals surface area contributed by atoms with Crippen molar-refractivity contribution in [2.45, 2.75) is 38.3 Å². The Morgan fingerprint density at radius 3 is 2.95 bits per heavy atom. The average Bonchev–Trinajstić information content (AvgIpc) is 3.05. The molecule has 2 heterocycles. The monoisotopic (exact) mass is 284 g/mol. The van der Waals surface area contributed by atoms with Gasteiger partial charge in [-0.25, -0.2) is 4.98 Å². The van der Waals surface area contributed by atoms with E-state index in [1.165, 1.54) is 0 Å². The second-order valence-electron chi connectivity index (χ2n) is 6.17. The number of para-hydroxylation sites is 2. The summed E-state index contributed by atoms with van der Waals surface area (Å²) in [4.78, 5) is 19.3.